The molecule has 21 heavy (non-hydrogen) atoms. The Balaban J connectivity index is 2.21. The van der Waals surface area contributed by atoms with E-state index in [2.05, 4.69) is 21.2 Å². The highest BCUT2D eigenvalue weighted by Crippen LogP contribution is 2.42. The summed E-state index contributed by atoms with van der Waals surface area (Å²) in [4.78, 5) is 12.5. The van der Waals surface area contributed by atoms with Crippen LogP contribution in [0.15, 0.2) is 27.6 Å². The normalized spacial score (nSPS) is 17.7. The summed E-state index contributed by atoms with van der Waals surface area (Å²) >= 11 is 3.17. The third-order valence-electron chi connectivity index (χ3n) is 4.17. The fraction of sp³-hybridized carbons (Fsp3) is 0.500. The van der Waals surface area contributed by atoms with Gasteiger partial charge in [-0.2, -0.15) is 0 Å². The van der Waals surface area contributed by atoms with Crippen LogP contribution in [0.1, 0.15) is 39.0 Å². The van der Waals surface area contributed by atoms with Gasteiger partial charge in [0.1, 0.15) is 0 Å². The third kappa shape index (κ3) is 3.60. The van der Waals surface area contributed by atoms with Crippen molar-refractivity contribution in [1.29, 1.82) is 0 Å². The van der Waals surface area contributed by atoms with E-state index in [4.69, 9.17) is 10.7 Å². The molecule has 1 aromatic carbocycles. The zero-order chi connectivity index (χ0) is 15.7. The van der Waals surface area contributed by atoms with Gasteiger partial charge in [0.15, 0.2) is 0 Å². The van der Waals surface area contributed by atoms with Crippen LogP contribution in [0.3, 0.4) is 0 Å². The van der Waals surface area contributed by atoms with Crippen molar-refractivity contribution in [3.05, 3.63) is 22.7 Å². The summed E-state index contributed by atoms with van der Waals surface area (Å²) < 4.78 is 23.0. The minimum atomic E-state index is -3.80. The first kappa shape index (κ1) is 16.8. The molecule has 0 unspecified atom stereocenters. The van der Waals surface area contributed by atoms with Crippen LogP contribution in [-0.4, -0.2) is 14.3 Å². The van der Waals surface area contributed by atoms with Crippen molar-refractivity contribution < 1.29 is 13.2 Å². The largest absolute Gasteiger partial charge is 0.326 e. The highest BCUT2D eigenvalue weighted by atomic mass is 79.9. The Morgan fingerprint density at radius 2 is 2.00 bits per heavy atom. The fourth-order valence-electron chi connectivity index (χ4n) is 2.83. The molecule has 0 aromatic heterocycles. The Hall–Kier alpha value is -0.590. The Labute approximate surface area is 137 Å². The Bertz CT molecular complexity index is 654. The molecule has 0 atom stereocenters. The average molecular weight is 395 g/mol. The molecule has 0 bridgehead atoms. The number of rotatable bonds is 4. The van der Waals surface area contributed by atoms with Gasteiger partial charge in [-0.25, -0.2) is 8.42 Å². The van der Waals surface area contributed by atoms with Gasteiger partial charge in [-0.15, -0.1) is 0 Å². The fourth-order valence-corrected chi connectivity index (χ4v) is 5.06. The lowest BCUT2D eigenvalue weighted by molar-refractivity contribution is -0.125. The van der Waals surface area contributed by atoms with Crippen molar-refractivity contribution in [2.75, 3.05) is 5.32 Å². The van der Waals surface area contributed by atoms with Crippen molar-refractivity contribution in [2.45, 2.75) is 43.9 Å². The molecule has 4 nitrogen and oxygen atoms in total. The standard InChI is InChI=1S/C14H17BrClNO3S/c1-2-14(7-3-4-8-14)13(18)17-10-5-6-12(11(15)9-10)21(16,19)20/h5-6,9H,2-4,7-8H2,1H3,(H,17,18). The predicted molar refractivity (Wildman–Crippen MR) is 87.0 cm³/mol. The number of benzene rings is 1. The summed E-state index contributed by atoms with van der Waals surface area (Å²) in [5.41, 5.74) is 0.277. The average Bonchev–Trinajstić information content (AvgIpc) is 2.87. The van der Waals surface area contributed by atoms with E-state index in [1.807, 2.05) is 6.92 Å². The smallest absolute Gasteiger partial charge is 0.262 e. The van der Waals surface area contributed by atoms with Crippen LogP contribution in [0.4, 0.5) is 5.69 Å². The molecule has 1 aliphatic rings. The van der Waals surface area contributed by atoms with Gasteiger partial charge in [-0.05, 0) is 53.4 Å². The van der Waals surface area contributed by atoms with E-state index >= 15 is 0 Å². The van der Waals surface area contributed by atoms with E-state index in [1.165, 1.54) is 6.07 Å². The van der Waals surface area contributed by atoms with Crippen molar-refractivity contribution in [2.24, 2.45) is 5.41 Å². The molecule has 7 heteroatoms. The van der Waals surface area contributed by atoms with Gasteiger partial charge in [-0.3, -0.25) is 4.79 Å². The molecule has 0 saturated heterocycles. The molecule has 1 aliphatic carbocycles. The maximum absolute atomic E-state index is 12.5. The summed E-state index contributed by atoms with van der Waals surface area (Å²) in [6.07, 6.45) is 4.78. The van der Waals surface area contributed by atoms with E-state index in [0.29, 0.717) is 10.2 Å². The van der Waals surface area contributed by atoms with Crippen LogP contribution < -0.4 is 5.32 Å². The van der Waals surface area contributed by atoms with Gasteiger partial charge >= 0.3 is 0 Å². The number of anilines is 1. The molecule has 1 N–H and O–H groups in total. The number of carbonyl (C=O) groups excluding carboxylic acids is 1. The van der Waals surface area contributed by atoms with Crippen molar-refractivity contribution in [1.82, 2.24) is 0 Å². The quantitative estimate of drug-likeness (QED) is 0.775. The highest BCUT2D eigenvalue weighted by Gasteiger charge is 2.39. The zero-order valence-electron chi connectivity index (χ0n) is 11.7. The summed E-state index contributed by atoms with van der Waals surface area (Å²) in [6.45, 7) is 2.03. The Morgan fingerprint density at radius 1 is 1.38 bits per heavy atom. The molecule has 1 amide bonds. The number of hydrogen-bond acceptors (Lipinski definition) is 3. The molecule has 0 spiro atoms. The molecule has 0 heterocycles. The zero-order valence-corrected chi connectivity index (χ0v) is 14.8. The van der Waals surface area contributed by atoms with Crippen LogP contribution in [0.5, 0.6) is 0 Å². The number of carbonyl (C=O) groups is 1. The second-order valence-electron chi connectivity index (χ2n) is 5.38. The van der Waals surface area contributed by atoms with Gasteiger partial charge in [-0.1, -0.05) is 19.8 Å². The van der Waals surface area contributed by atoms with E-state index in [9.17, 15) is 13.2 Å². The van der Waals surface area contributed by atoms with Gasteiger partial charge in [0.25, 0.3) is 9.05 Å². The first-order valence-electron chi connectivity index (χ1n) is 6.84. The lowest BCUT2D eigenvalue weighted by atomic mass is 9.82. The van der Waals surface area contributed by atoms with Crippen LogP contribution in [0.25, 0.3) is 0 Å². The monoisotopic (exact) mass is 393 g/mol. The molecule has 0 radical (unpaired) electrons. The maximum atomic E-state index is 12.5. The van der Waals surface area contributed by atoms with E-state index in [-0.39, 0.29) is 16.2 Å². The topological polar surface area (TPSA) is 63.2 Å². The SMILES string of the molecule is CCC1(C(=O)Nc2ccc(S(=O)(=O)Cl)c(Br)c2)CCCC1. The minimum Gasteiger partial charge on any atom is -0.326 e. The molecule has 2 rings (SSSR count). The van der Waals surface area contributed by atoms with E-state index in [0.717, 1.165) is 32.1 Å². The van der Waals surface area contributed by atoms with Crippen LogP contribution in [0.2, 0.25) is 0 Å². The number of amides is 1. The van der Waals surface area contributed by atoms with Gasteiger partial charge in [0, 0.05) is 26.3 Å². The van der Waals surface area contributed by atoms with Crippen LogP contribution >= 0.6 is 26.6 Å². The van der Waals surface area contributed by atoms with Crippen LogP contribution in [-0.2, 0) is 13.8 Å². The highest BCUT2D eigenvalue weighted by molar-refractivity contribution is 9.10. The molecule has 1 fully saturated rings. The van der Waals surface area contributed by atoms with Gasteiger partial charge in [0.05, 0.1) is 4.90 Å². The molecular weight excluding hydrogens is 378 g/mol. The Morgan fingerprint density at radius 3 is 2.48 bits per heavy atom. The van der Waals surface area contributed by atoms with Crippen LogP contribution in [0, 0.1) is 5.41 Å². The minimum absolute atomic E-state index is 0.00626. The van der Waals surface area contributed by atoms with Gasteiger partial charge in [0.2, 0.25) is 5.91 Å². The van der Waals surface area contributed by atoms with Gasteiger partial charge < -0.3 is 5.32 Å². The molecule has 0 aliphatic heterocycles. The lowest BCUT2D eigenvalue weighted by Gasteiger charge is -2.26. The second-order valence-corrected chi connectivity index (χ2v) is 8.77. The van der Waals surface area contributed by atoms with E-state index in [1.54, 1.807) is 12.1 Å². The molecular formula is C14H17BrClNO3S. The second kappa shape index (κ2) is 6.26. The van der Waals surface area contributed by atoms with Crippen molar-refractivity contribution in [3.8, 4) is 0 Å². The number of halogens is 2. The predicted octanol–water partition coefficient (Wildman–Crippen LogP) is 4.29. The number of nitrogens with one attached hydrogen (secondary N) is 1. The maximum Gasteiger partial charge on any atom is 0.262 e. The Kier molecular flexibility index (Phi) is 5.00. The summed E-state index contributed by atoms with van der Waals surface area (Å²) in [6, 6.07) is 4.50. The first-order chi connectivity index (χ1) is 9.78. The summed E-state index contributed by atoms with van der Waals surface area (Å²) in [5.74, 6) is 0.0101. The number of hydrogen-bond donors (Lipinski definition) is 1. The third-order valence-corrected chi connectivity index (χ3v) is 6.47. The van der Waals surface area contributed by atoms with Crippen molar-refractivity contribution >= 4 is 47.3 Å². The summed E-state index contributed by atoms with van der Waals surface area (Å²) in [5, 5.41) is 2.89. The first-order valence-corrected chi connectivity index (χ1v) is 9.94. The lowest BCUT2D eigenvalue weighted by Crippen LogP contribution is -2.33. The molecule has 1 saturated carbocycles. The summed E-state index contributed by atoms with van der Waals surface area (Å²) in [7, 11) is 1.53. The van der Waals surface area contributed by atoms with E-state index < -0.39 is 9.05 Å². The molecule has 116 valence electrons. The van der Waals surface area contributed by atoms with Crippen molar-refractivity contribution in [3.63, 3.8) is 0 Å². The molecule has 1 aromatic rings.